The first kappa shape index (κ1) is 19.0. The summed E-state index contributed by atoms with van der Waals surface area (Å²) in [6, 6.07) is 5.86. The first-order valence-electron chi connectivity index (χ1n) is 8.75. The minimum absolute atomic E-state index is 0.0900. The van der Waals surface area contributed by atoms with Crippen LogP contribution < -0.4 is 14.8 Å². The van der Waals surface area contributed by atoms with E-state index in [9.17, 15) is 5.11 Å². The van der Waals surface area contributed by atoms with Crippen molar-refractivity contribution >= 4 is 0 Å². The second-order valence-corrected chi connectivity index (χ2v) is 6.79. The van der Waals surface area contributed by atoms with Crippen molar-refractivity contribution in [2.75, 3.05) is 27.4 Å². The van der Waals surface area contributed by atoms with Crippen LogP contribution in [0.5, 0.6) is 11.5 Å². The van der Waals surface area contributed by atoms with Crippen LogP contribution in [0.15, 0.2) is 18.2 Å². The molecule has 1 saturated heterocycles. The van der Waals surface area contributed by atoms with Crippen LogP contribution >= 0.6 is 0 Å². The predicted octanol–water partition coefficient (Wildman–Crippen LogP) is 2.75. The number of hydrogen-bond donors (Lipinski definition) is 2. The van der Waals surface area contributed by atoms with E-state index in [4.69, 9.17) is 14.2 Å². The normalized spacial score (nSPS) is 25.3. The van der Waals surface area contributed by atoms with Crippen LogP contribution in [0.3, 0.4) is 0 Å². The summed E-state index contributed by atoms with van der Waals surface area (Å²) in [5.74, 6) is 1.74. The summed E-state index contributed by atoms with van der Waals surface area (Å²) < 4.78 is 16.4. The highest BCUT2D eigenvalue weighted by molar-refractivity contribution is 5.42. The topological polar surface area (TPSA) is 60.0 Å². The average molecular weight is 337 g/mol. The van der Waals surface area contributed by atoms with Crippen molar-refractivity contribution in [1.29, 1.82) is 0 Å². The monoisotopic (exact) mass is 337 g/mol. The Balaban J connectivity index is 1.83. The molecule has 0 saturated carbocycles. The van der Waals surface area contributed by atoms with Crippen molar-refractivity contribution < 1.29 is 19.3 Å². The molecule has 1 aromatic carbocycles. The number of hydrogen-bond acceptors (Lipinski definition) is 5. The van der Waals surface area contributed by atoms with Gasteiger partial charge in [-0.15, -0.1) is 0 Å². The summed E-state index contributed by atoms with van der Waals surface area (Å²) in [5, 5.41) is 13.8. The summed E-state index contributed by atoms with van der Waals surface area (Å²) in [4.78, 5) is 0. The van der Waals surface area contributed by atoms with Gasteiger partial charge in [-0.3, -0.25) is 0 Å². The molecule has 1 aromatic rings. The quantitative estimate of drug-likeness (QED) is 0.764. The first-order valence-corrected chi connectivity index (χ1v) is 8.75. The van der Waals surface area contributed by atoms with Crippen molar-refractivity contribution in [3.8, 4) is 11.5 Å². The zero-order valence-electron chi connectivity index (χ0n) is 15.3. The second kappa shape index (κ2) is 8.70. The molecule has 5 nitrogen and oxygen atoms in total. The molecule has 2 rings (SSSR count). The van der Waals surface area contributed by atoms with Gasteiger partial charge in [-0.1, -0.05) is 13.0 Å². The van der Waals surface area contributed by atoms with E-state index in [1.807, 2.05) is 18.2 Å². The van der Waals surface area contributed by atoms with Crippen LogP contribution in [0.2, 0.25) is 0 Å². The molecular weight excluding hydrogens is 306 g/mol. The first-order chi connectivity index (χ1) is 11.5. The Labute approximate surface area is 145 Å². The van der Waals surface area contributed by atoms with Crippen molar-refractivity contribution in [3.63, 3.8) is 0 Å². The zero-order chi connectivity index (χ0) is 17.6. The lowest BCUT2D eigenvalue weighted by molar-refractivity contribution is -0.107. The molecule has 0 bridgehead atoms. The predicted molar refractivity (Wildman–Crippen MR) is 94.6 cm³/mol. The SMILES string of the molecule is CC[C@]1(C)C[C@@H]([C@@H](O)CNCc2ccc(OC)c(OC)c2)CCO1. The van der Waals surface area contributed by atoms with E-state index < -0.39 is 0 Å². The molecule has 0 aliphatic carbocycles. The lowest BCUT2D eigenvalue weighted by Gasteiger charge is -2.39. The molecule has 1 fully saturated rings. The van der Waals surface area contributed by atoms with Gasteiger partial charge in [0.15, 0.2) is 11.5 Å². The average Bonchev–Trinajstić information content (AvgIpc) is 2.61. The van der Waals surface area contributed by atoms with E-state index in [1.54, 1.807) is 14.2 Å². The van der Waals surface area contributed by atoms with Crippen molar-refractivity contribution in [1.82, 2.24) is 5.32 Å². The molecule has 5 heteroatoms. The summed E-state index contributed by atoms with van der Waals surface area (Å²) in [6.45, 7) is 6.29. The Bertz CT molecular complexity index is 522. The number of methoxy groups -OCH3 is 2. The standard InChI is InChI=1S/C19H31NO4/c1-5-19(2)11-15(8-9-24-19)16(21)13-20-12-14-6-7-17(22-3)18(10-14)23-4/h6-7,10,15-16,20-21H,5,8-9,11-13H2,1-4H3/t15-,16-,19+/m0/s1. The number of rotatable bonds is 8. The van der Waals surface area contributed by atoms with Gasteiger partial charge in [-0.2, -0.15) is 0 Å². The Morgan fingerprint density at radius 3 is 2.75 bits per heavy atom. The van der Waals surface area contributed by atoms with Crippen LogP contribution in [0.4, 0.5) is 0 Å². The Hall–Kier alpha value is -1.30. The van der Waals surface area contributed by atoms with Crippen LogP contribution in [0, 0.1) is 5.92 Å². The van der Waals surface area contributed by atoms with Crippen LogP contribution in [0.25, 0.3) is 0 Å². The summed E-state index contributed by atoms with van der Waals surface area (Å²) in [7, 11) is 3.26. The summed E-state index contributed by atoms with van der Waals surface area (Å²) in [5.41, 5.74) is 1.01. The largest absolute Gasteiger partial charge is 0.493 e. The number of nitrogens with one attached hydrogen (secondary N) is 1. The molecule has 0 amide bonds. The minimum atomic E-state index is -0.347. The van der Waals surface area contributed by atoms with Gasteiger partial charge in [0.25, 0.3) is 0 Å². The Morgan fingerprint density at radius 2 is 2.08 bits per heavy atom. The molecule has 1 aliphatic rings. The molecule has 0 spiro atoms. The molecule has 0 unspecified atom stereocenters. The summed E-state index contributed by atoms with van der Waals surface area (Å²) in [6.07, 6.45) is 2.48. The van der Waals surface area contributed by atoms with Gasteiger partial charge in [-0.25, -0.2) is 0 Å². The zero-order valence-corrected chi connectivity index (χ0v) is 15.3. The molecule has 3 atom stereocenters. The molecule has 1 heterocycles. The molecule has 0 aromatic heterocycles. The smallest absolute Gasteiger partial charge is 0.161 e. The van der Waals surface area contributed by atoms with Gasteiger partial charge in [-0.05, 0) is 49.8 Å². The minimum Gasteiger partial charge on any atom is -0.493 e. The van der Waals surface area contributed by atoms with Gasteiger partial charge in [0.2, 0.25) is 0 Å². The number of benzene rings is 1. The van der Waals surface area contributed by atoms with Gasteiger partial charge in [0.05, 0.1) is 25.9 Å². The molecular formula is C19H31NO4. The number of aliphatic hydroxyl groups excluding tert-OH is 1. The second-order valence-electron chi connectivity index (χ2n) is 6.79. The van der Waals surface area contributed by atoms with Gasteiger partial charge in [0, 0.05) is 19.7 Å². The van der Waals surface area contributed by atoms with Crippen LogP contribution in [-0.4, -0.2) is 44.2 Å². The van der Waals surface area contributed by atoms with E-state index in [-0.39, 0.29) is 11.7 Å². The van der Waals surface area contributed by atoms with Crippen molar-refractivity contribution in [2.45, 2.75) is 51.4 Å². The fourth-order valence-corrected chi connectivity index (χ4v) is 3.27. The van der Waals surface area contributed by atoms with Gasteiger partial charge >= 0.3 is 0 Å². The Kier molecular flexibility index (Phi) is 6.90. The molecule has 24 heavy (non-hydrogen) atoms. The van der Waals surface area contributed by atoms with E-state index in [0.717, 1.165) is 42.9 Å². The molecule has 0 radical (unpaired) electrons. The molecule has 1 aliphatic heterocycles. The third-order valence-electron chi connectivity index (χ3n) is 5.06. The third kappa shape index (κ3) is 4.85. The van der Waals surface area contributed by atoms with Crippen molar-refractivity contribution in [3.05, 3.63) is 23.8 Å². The van der Waals surface area contributed by atoms with E-state index >= 15 is 0 Å². The van der Waals surface area contributed by atoms with Crippen molar-refractivity contribution in [2.24, 2.45) is 5.92 Å². The van der Waals surface area contributed by atoms with E-state index in [2.05, 4.69) is 19.2 Å². The maximum Gasteiger partial charge on any atom is 0.161 e. The van der Waals surface area contributed by atoms with Crippen LogP contribution in [0.1, 0.15) is 38.7 Å². The highest BCUT2D eigenvalue weighted by Gasteiger charge is 2.34. The number of aliphatic hydroxyl groups is 1. The number of ether oxygens (including phenoxy) is 3. The highest BCUT2D eigenvalue weighted by Crippen LogP contribution is 2.33. The van der Waals surface area contributed by atoms with Crippen LogP contribution in [-0.2, 0) is 11.3 Å². The lowest BCUT2D eigenvalue weighted by atomic mass is 9.82. The maximum absolute atomic E-state index is 10.5. The third-order valence-corrected chi connectivity index (χ3v) is 5.06. The fourth-order valence-electron chi connectivity index (χ4n) is 3.27. The summed E-state index contributed by atoms with van der Waals surface area (Å²) >= 11 is 0. The van der Waals surface area contributed by atoms with Gasteiger partial charge in [0.1, 0.15) is 0 Å². The maximum atomic E-state index is 10.5. The van der Waals surface area contributed by atoms with E-state index in [1.165, 1.54) is 0 Å². The molecule has 2 N–H and O–H groups in total. The lowest BCUT2D eigenvalue weighted by Crippen LogP contribution is -2.43. The van der Waals surface area contributed by atoms with Gasteiger partial charge < -0.3 is 24.6 Å². The fraction of sp³-hybridized carbons (Fsp3) is 0.684. The highest BCUT2D eigenvalue weighted by atomic mass is 16.5. The van der Waals surface area contributed by atoms with E-state index in [0.29, 0.717) is 19.0 Å². The molecule has 136 valence electrons. The Morgan fingerprint density at radius 1 is 1.33 bits per heavy atom.